The highest BCUT2D eigenvalue weighted by atomic mass is 32.1. The molecule has 5 nitrogen and oxygen atoms in total. The lowest BCUT2D eigenvalue weighted by molar-refractivity contribution is 0.0119. The molecule has 0 unspecified atom stereocenters. The van der Waals surface area contributed by atoms with Crippen molar-refractivity contribution in [3.8, 4) is 0 Å². The standard InChI is InChI=1S/C17H29N3O2S/c1-16(2,3)22-15(21)20-8-6-17(4,7-9-20)12-19-11-14-13(18)5-10-23-14/h5,10,19H,6-9,11-12,18H2,1-4H3. The highest BCUT2D eigenvalue weighted by molar-refractivity contribution is 7.10. The maximum absolute atomic E-state index is 12.1. The van der Waals surface area contributed by atoms with Gasteiger partial charge in [-0.25, -0.2) is 4.79 Å². The molecule has 6 heteroatoms. The minimum absolute atomic E-state index is 0.195. The third-order valence-corrected chi connectivity index (χ3v) is 5.18. The number of carbonyl (C=O) groups excluding carboxylic acids is 1. The molecule has 130 valence electrons. The number of nitrogens with two attached hydrogens (primary N) is 1. The number of anilines is 1. The Hall–Kier alpha value is -1.27. The first kappa shape index (κ1) is 18.1. The lowest BCUT2D eigenvalue weighted by Crippen LogP contribution is -2.47. The average Bonchev–Trinajstić information content (AvgIpc) is 2.83. The number of likely N-dealkylation sites (tertiary alicyclic amines) is 1. The van der Waals surface area contributed by atoms with Gasteiger partial charge >= 0.3 is 6.09 Å². The Labute approximate surface area is 143 Å². The first-order valence-electron chi connectivity index (χ1n) is 8.19. The zero-order valence-electron chi connectivity index (χ0n) is 14.6. The van der Waals surface area contributed by atoms with E-state index in [1.54, 1.807) is 11.3 Å². The largest absolute Gasteiger partial charge is 0.444 e. The van der Waals surface area contributed by atoms with E-state index in [9.17, 15) is 4.79 Å². The molecule has 2 heterocycles. The highest BCUT2D eigenvalue weighted by Gasteiger charge is 2.33. The molecule has 1 fully saturated rings. The zero-order chi connectivity index (χ0) is 17.1. The van der Waals surface area contributed by atoms with Crippen molar-refractivity contribution in [2.75, 3.05) is 25.4 Å². The van der Waals surface area contributed by atoms with Crippen LogP contribution in [-0.4, -0.2) is 36.2 Å². The lowest BCUT2D eigenvalue weighted by atomic mass is 9.80. The summed E-state index contributed by atoms with van der Waals surface area (Å²) < 4.78 is 5.45. The van der Waals surface area contributed by atoms with E-state index < -0.39 is 5.60 Å². The van der Waals surface area contributed by atoms with Gasteiger partial charge in [0.25, 0.3) is 0 Å². The molecule has 1 aromatic rings. The Morgan fingerprint density at radius 3 is 2.61 bits per heavy atom. The van der Waals surface area contributed by atoms with Gasteiger partial charge in [-0.05, 0) is 50.5 Å². The normalized spacial score (nSPS) is 18.0. The first-order chi connectivity index (χ1) is 10.7. The van der Waals surface area contributed by atoms with Gasteiger partial charge < -0.3 is 20.7 Å². The van der Waals surface area contributed by atoms with E-state index in [0.717, 1.165) is 44.7 Å². The summed E-state index contributed by atoms with van der Waals surface area (Å²) in [4.78, 5) is 15.1. The number of rotatable bonds is 4. The Balaban J connectivity index is 1.76. The van der Waals surface area contributed by atoms with Crippen LogP contribution in [0.2, 0.25) is 0 Å². The van der Waals surface area contributed by atoms with Gasteiger partial charge in [-0.3, -0.25) is 0 Å². The number of piperidine rings is 1. The summed E-state index contributed by atoms with van der Waals surface area (Å²) >= 11 is 1.69. The predicted octanol–water partition coefficient (Wildman–Crippen LogP) is 3.46. The molecule has 0 saturated carbocycles. The molecular formula is C17H29N3O2S. The third-order valence-electron chi connectivity index (χ3n) is 4.24. The van der Waals surface area contributed by atoms with Crippen molar-refractivity contribution < 1.29 is 9.53 Å². The summed E-state index contributed by atoms with van der Waals surface area (Å²) in [5, 5.41) is 5.54. The van der Waals surface area contributed by atoms with Crippen LogP contribution in [0.15, 0.2) is 11.4 Å². The predicted molar refractivity (Wildman–Crippen MR) is 95.6 cm³/mol. The number of nitrogens with zero attached hydrogens (tertiary/aromatic N) is 1. The number of hydrogen-bond acceptors (Lipinski definition) is 5. The van der Waals surface area contributed by atoms with E-state index in [0.29, 0.717) is 0 Å². The fourth-order valence-corrected chi connectivity index (χ4v) is 3.47. The van der Waals surface area contributed by atoms with Crippen LogP contribution in [0.3, 0.4) is 0 Å². The molecule has 0 spiro atoms. The number of thiophene rings is 1. The maximum atomic E-state index is 12.1. The van der Waals surface area contributed by atoms with Gasteiger partial charge in [0.2, 0.25) is 0 Å². The van der Waals surface area contributed by atoms with E-state index in [2.05, 4.69) is 12.2 Å². The van der Waals surface area contributed by atoms with Crippen LogP contribution >= 0.6 is 11.3 Å². The quantitative estimate of drug-likeness (QED) is 0.881. The average molecular weight is 340 g/mol. The second kappa shape index (κ2) is 7.09. The molecule has 2 rings (SSSR count). The van der Waals surface area contributed by atoms with Crippen molar-refractivity contribution in [1.29, 1.82) is 0 Å². The summed E-state index contributed by atoms with van der Waals surface area (Å²) in [6.45, 7) is 11.3. The van der Waals surface area contributed by atoms with Crippen LogP contribution in [0.25, 0.3) is 0 Å². The summed E-state index contributed by atoms with van der Waals surface area (Å²) in [6.07, 6.45) is 1.78. The van der Waals surface area contributed by atoms with Crippen molar-refractivity contribution in [2.45, 2.75) is 52.7 Å². The minimum Gasteiger partial charge on any atom is -0.444 e. The fraction of sp³-hybridized carbons (Fsp3) is 0.706. The monoisotopic (exact) mass is 339 g/mol. The van der Waals surface area contributed by atoms with Crippen LogP contribution in [0, 0.1) is 5.41 Å². The van der Waals surface area contributed by atoms with Gasteiger partial charge in [-0.15, -0.1) is 11.3 Å². The number of nitrogens with one attached hydrogen (secondary N) is 1. The van der Waals surface area contributed by atoms with Crippen LogP contribution in [-0.2, 0) is 11.3 Å². The summed E-state index contributed by atoms with van der Waals surface area (Å²) in [7, 11) is 0. The molecular weight excluding hydrogens is 310 g/mol. The van der Waals surface area contributed by atoms with Crippen LogP contribution in [0.4, 0.5) is 10.5 Å². The molecule has 23 heavy (non-hydrogen) atoms. The van der Waals surface area contributed by atoms with Gasteiger partial charge in [0.1, 0.15) is 5.60 Å². The summed E-state index contributed by atoms with van der Waals surface area (Å²) in [5.41, 5.74) is 6.56. The molecule has 0 aromatic carbocycles. The van der Waals surface area contributed by atoms with E-state index in [1.807, 2.05) is 37.1 Å². The number of hydrogen-bond donors (Lipinski definition) is 2. The molecule has 0 atom stereocenters. The van der Waals surface area contributed by atoms with Crippen molar-refractivity contribution in [2.24, 2.45) is 5.41 Å². The molecule has 1 amide bonds. The second-order valence-corrected chi connectivity index (χ2v) is 8.68. The molecule has 3 N–H and O–H groups in total. The van der Waals surface area contributed by atoms with Gasteiger partial charge in [0.05, 0.1) is 0 Å². The van der Waals surface area contributed by atoms with Crippen LogP contribution < -0.4 is 11.1 Å². The third kappa shape index (κ3) is 5.39. The molecule has 1 saturated heterocycles. The molecule has 1 aromatic heterocycles. The topological polar surface area (TPSA) is 67.6 Å². The Bertz CT molecular complexity index is 528. The SMILES string of the molecule is CC1(CNCc2sccc2N)CCN(C(=O)OC(C)(C)C)CC1. The molecule has 0 radical (unpaired) electrons. The number of amides is 1. The summed E-state index contributed by atoms with van der Waals surface area (Å²) in [6, 6.07) is 1.95. The van der Waals surface area contributed by atoms with E-state index in [1.165, 1.54) is 4.88 Å². The minimum atomic E-state index is -0.431. The van der Waals surface area contributed by atoms with E-state index in [-0.39, 0.29) is 11.5 Å². The molecule has 1 aliphatic rings. The zero-order valence-corrected chi connectivity index (χ0v) is 15.5. The molecule has 0 bridgehead atoms. The molecule has 1 aliphatic heterocycles. The van der Waals surface area contributed by atoms with Gasteiger partial charge in [0.15, 0.2) is 0 Å². The van der Waals surface area contributed by atoms with Crippen molar-refractivity contribution in [1.82, 2.24) is 10.2 Å². The van der Waals surface area contributed by atoms with Gasteiger partial charge in [-0.1, -0.05) is 6.92 Å². The lowest BCUT2D eigenvalue weighted by Gasteiger charge is -2.39. The van der Waals surface area contributed by atoms with Crippen LogP contribution in [0.1, 0.15) is 45.4 Å². The van der Waals surface area contributed by atoms with Crippen molar-refractivity contribution in [3.63, 3.8) is 0 Å². The van der Waals surface area contributed by atoms with Gasteiger partial charge in [-0.2, -0.15) is 0 Å². The Kier molecular flexibility index (Phi) is 5.57. The van der Waals surface area contributed by atoms with Crippen molar-refractivity contribution >= 4 is 23.1 Å². The van der Waals surface area contributed by atoms with Crippen LogP contribution in [0.5, 0.6) is 0 Å². The highest BCUT2D eigenvalue weighted by Crippen LogP contribution is 2.31. The van der Waals surface area contributed by atoms with E-state index in [4.69, 9.17) is 10.5 Å². The van der Waals surface area contributed by atoms with E-state index >= 15 is 0 Å². The Morgan fingerprint density at radius 1 is 1.43 bits per heavy atom. The number of nitrogen functional groups attached to an aromatic ring is 1. The maximum Gasteiger partial charge on any atom is 0.410 e. The second-order valence-electron chi connectivity index (χ2n) is 7.68. The smallest absolute Gasteiger partial charge is 0.410 e. The fourth-order valence-electron chi connectivity index (χ4n) is 2.70. The Morgan fingerprint density at radius 2 is 2.09 bits per heavy atom. The van der Waals surface area contributed by atoms with Crippen molar-refractivity contribution in [3.05, 3.63) is 16.3 Å². The summed E-state index contributed by atoms with van der Waals surface area (Å²) in [5.74, 6) is 0. The number of ether oxygens (including phenoxy) is 1. The van der Waals surface area contributed by atoms with Gasteiger partial charge in [0, 0.05) is 36.7 Å². The first-order valence-corrected chi connectivity index (χ1v) is 9.07. The number of carbonyl (C=O) groups is 1. The molecule has 0 aliphatic carbocycles.